The van der Waals surface area contributed by atoms with Gasteiger partial charge < -0.3 is 0 Å². The van der Waals surface area contributed by atoms with Crippen LogP contribution in [0.2, 0.25) is 0 Å². The molecule has 0 heterocycles. The van der Waals surface area contributed by atoms with Gasteiger partial charge in [0.25, 0.3) is 0 Å². The lowest BCUT2D eigenvalue weighted by molar-refractivity contribution is 0.218. The van der Waals surface area contributed by atoms with Crippen LogP contribution in [0.1, 0.15) is 39.0 Å². The molecule has 0 aromatic rings. The van der Waals surface area contributed by atoms with Gasteiger partial charge in [-0.3, -0.25) is 0 Å². The van der Waals surface area contributed by atoms with E-state index in [1.54, 1.807) is 12.2 Å². The van der Waals surface area contributed by atoms with E-state index in [1.165, 1.54) is 6.42 Å². The Morgan fingerprint density at radius 3 is 2.88 bits per heavy atom. The van der Waals surface area contributed by atoms with Crippen molar-refractivity contribution in [2.24, 2.45) is 21.3 Å². The largest absolute Gasteiger partial charge is 0.235 e. The van der Waals surface area contributed by atoms with E-state index in [1.807, 2.05) is 6.92 Å². The van der Waals surface area contributed by atoms with Gasteiger partial charge >= 0.3 is 0 Å². The van der Waals surface area contributed by atoms with Gasteiger partial charge in [0.1, 0.15) is 0 Å². The lowest BCUT2D eigenvalue weighted by Crippen LogP contribution is -2.31. The SMILES string of the molecule is CC(CC12CCC(CC1N=C=O)C2)N=C=O. The summed E-state index contributed by atoms with van der Waals surface area (Å²) in [4.78, 5) is 28.3. The van der Waals surface area contributed by atoms with E-state index < -0.39 is 0 Å². The van der Waals surface area contributed by atoms with Crippen LogP contribution in [0.15, 0.2) is 9.98 Å². The predicted molar refractivity (Wildman–Crippen MR) is 58.5 cm³/mol. The van der Waals surface area contributed by atoms with Crippen LogP contribution in [0.25, 0.3) is 0 Å². The van der Waals surface area contributed by atoms with Crippen molar-refractivity contribution < 1.29 is 9.59 Å². The third-order valence-corrected chi connectivity index (χ3v) is 4.19. The molecule has 2 fully saturated rings. The van der Waals surface area contributed by atoms with Crippen molar-refractivity contribution in [1.29, 1.82) is 0 Å². The lowest BCUT2D eigenvalue weighted by Gasteiger charge is -2.32. The molecule has 0 aliphatic heterocycles. The smallest absolute Gasteiger partial charge is 0.211 e. The normalized spacial score (nSPS) is 37.6. The summed E-state index contributed by atoms with van der Waals surface area (Å²) < 4.78 is 0. The number of carbonyl (C=O) groups excluding carboxylic acids is 2. The minimum absolute atomic E-state index is 0.0151. The fourth-order valence-corrected chi connectivity index (χ4v) is 3.64. The van der Waals surface area contributed by atoms with Gasteiger partial charge in [0.15, 0.2) is 0 Å². The number of hydrogen-bond acceptors (Lipinski definition) is 4. The molecule has 0 N–H and O–H groups in total. The Morgan fingerprint density at radius 1 is 1.44 bits per heavy atom. The van der Waals surface area contributed by atoms with Gasteiger partial charge in [0.05, 0.1) is 12.1 Å². The molecule has 0 saturated heterocycles. The van der Waals surface area contributed by atoms with Crippen molar-refractivity contribution in [3.05, 3.63) is 0 Å². The summed E-state index contributed by atoms with van der Waals surface area (Å²) in [5, 5.41) is 0. The molecule has 0 aromatic carbocycles. The molecule has 2 aliphatic rings. The zero-order chi connectivity index (χ0) is 11.6. The molecule has 4 nitrogen and oxygen atoms in total. The maximum atomic E-state index is 10.4. The molecule has 0 amide bonds. The van der Waals surface area contributed by atoms with E-state index in [0.717, 1.165) is 25.7 Å². The Bertz CT molecular complexity index is 369. The molecule has 4 atom stereocenters. The maximum Gasteiger partial charge on any atom is 0.235 e. The summed E-state index contributed by atoms with van der Waals surface area (Å²) in [7, 11) is 0. The van der Waals surface area contributed by atoms with Crippen molar-refractivity contribution in [2.75, 3.05) is 0 Å². The highest BCUT2D eigenvalue weighted by Crippen LogP contribution is 2.57. The number of isocyanates is 2. The molecule has 0 radical (unpaired) electrons. The van der Waals surface area contributed by atoms with E-state index in [2.05, 4.69) is 9.98 Å². The molecule has 0 aromatic heterocycles. The minimum atomic E-state index is -0.0151. The average Bonchev–Trinajstić information content (AvgIpc) is 2.75. The van der Waals surface area contributed by atoms with Crippen LogP contribution in [0.3, 0.4) is 0 Å². The Kier molecular flexibility index (Phi) is 3.04. The van der Waals surface area contributed by atoms with Crippen LogP contribution in [0, 0.1) is 11.3 Å². The highest BCUT2D eigenvalue weighted by Gasteiger charge is 2.52. The van der Waals surface area contributed by atoms with Crippen LogP contribution in [0.4, 0.5) is 0 Å². The van der Waals surface area contributed by atoms with Crippen LogP contribution in [-0.2, 0) is 9.59 Å². The van der Waals surface area contributed by atoms with Crippen molar-refractivity contribution in [2.45, 2.75) is 51.1 Å². The molecular weight excluding hydrogens is 204 g/mol. The highest BCUT2D eigenvalue weighted by atomic mass is 16.1. The van der Waals surface area contributed by atoms with Crippen molar-refractivity contribution in [3.8, 4) is 0 Å². The molecular formula is C12H16N2O2. The standard InChI is InChI=1S/C12H16N2O2/c1-9(13-7-15)5-12-3-2-10(6-12)4-11(12)14-8-16/h9-11H,2-6H2,1H3. The zero-order valence-corrected chi connectivity index (χ0v) is 9.48. The molecule has 2 aliphatic carbocycles. The number of hydrogen-bond donors (Lipinski definition) is 0. The molecule has 4 heteroatoms. The zero-order valence-electron chi connectivity index (χ0n) is 9.48. The molecule has 16 heavy (non-hydrogen) atoms. The van der Waals surface area contributed by atoms with Gasteiger partial charge in [-0.1, -0.05) is 0 Å². The van der Waals surface area contributed by atoms with Gasteiger partial charge in [-0.2, -0.15) is 0 Å². The first-order chi connectivity index (χ1) is 7.70. The van der Waals surface area contributed by atoms with Crippen LogP contribution >= 0.6 is 0 Å². The fraction of sp³-hybridized carbons (Fsp3) is 0.833. The first kappa shape index (κ1) is 11.3. The molecule has 2 rings (SSSR count). The number of aliphatic imine (C=N–C) groups is 2. The Balaban J connectivity index is 2.14. The van der Waals surface area contributed by atoms with Crippen LogP contribution < -0.4 is 0 Å². The third kappa shape index (κ3) is 1.87. The van der Waals surface area contributed by atoms with Crippen LogP contribution in [-0.4, -0.2) is 24.2 Å². The van der Waals surface area contributed by atoms with Gasteiger partial charge in [-0.05, 0) is 50.4 Å². The summed E-state index contributed by atoms with van der Waals surface area (Å²) in [5.41, 5.74) is 0.0991. The molecule has 2 bridgehead atoms. The topological polar surface area (TPSA) is 58.9 Å². The first-order valence-electron chi connectivity index (χ1n) is 5.84. The predicted octanol–water partition coefficient (Wildman–Crippen LogP) is 2.00. The van der Waals surface area contributed by atoms with E-state index >= 15 is 0 Å². The van der Waals surface area contributed by atoms with Gasteiger partial charge in [-0.15, -0.1) is 0 Å². The second kappa shape index (κ2) is 4.32. The summed E-state index contributed by atoms with van der Waals surface area (Å²) >= 11 is 0. The summed E-state index contributed by atoms with van der Waals surface area (Å²) in [5.74, 6) is 0.703. The van der Waals surface area contributed by atoms with Gasteiger partial charge in [0, 0.05) is 0 Å². The van der Waals surface area contributed by atoms with E-state index in [0.29, 0.717) is 5.92 Å². The summed E-state index contributed by atoms with van der Waals surface area (Å²) in [6, 6.07) is 0.0896. The van der Waals surface area contributed by atoms with E-state index in [-0.39, 0.29) is 17.5 Å². The van der Waals surface area contributed by atoms with Crippen molar-refractivity contribution in [1.82, 2.24) is 0 Å². The summed E-state index contributed by atoms with van der Waals surface area (Å²) in [6.45, 7) is 1.92. The second-order valence-corrected chi connectivity index (χ2v) is 5.22. The monoisotopic (exact) mass is 220 g/mol. The third-order valence-electron chi connectivity index (χ3n) is 4.19. The second-order valence-electron chi connectivity index (χ2n) is 5.22. The molecule has 2 saturated carbocycles. The number of rotatable bonds is 4. The summed E-state index contributed by atoms with van der Waals surface area (Å²) in [6.07, 6.45) is 8.60. The van der Waals surface area contributed by atoms with E-state index in [4.69, 9.17) is 0 Å². The van der Waals surface area contributed by atoms with Gasteiger partial charge in [-0.25, -0.2) is 19.6 Å². The molecule has 86 valence electrons. The first-order valence-corrected chi connectivity index (χ1v) is 5.84. The maximum absolute atomic E-state index is 10.4. The number of nitrogens with zero attached hydrogens (tertiary/aromatic N) is 2. The van der Waals surface area contributed by atoms with Crippen molar-refractivity contribution >= 4 is 12.2 Å². The Morgan fingerprint density at radius 2 is 2.25 bits per heavy atom. The highest BCUT2D eigenvalue weighted by molar-refractivity contribution is 5.35. The quantitative estimate of drug-likeness (QED) is 0.537. The molecule has 4 unspecified atom stereocenters. The lowest BCUT2D eigenvalue weighted by atomic mass is 9.75. The molecule has 0 spiro atoms. The van der Waals surface area contributed by atoms with Crippen LogP contribution in [0.5, 0.6) is 0 Å². The van der Waals surface area contributed by atoms with Crippen molar-refractivity contribution in [3.63, 3.8) is 0 Å². The van der Waals surface area contributed by atoms with Gasteiger partial charge in [0.2, 0.25) is 12.2 Å². The number of fused-ring (bicyclic) bond motifs is 2. The van der Waals surface area contributed by atoms with E-state index in [9.17, 15) is 9.59 Å². The Hall–Kier alpha value is -1.24. The average molecular weight is 220 g/mol. The fourth-order valence-electron chi connectivity index (χ4n) is 3.64. The minimum Gasteiger partial charge on any atom is -0.211 e. The Labute approximate surface area is 94.9 Å².